The Morgan fingerprint density at radius 3 is 2.47 bits per heavy atom. The predicted octanol–water partition coefficient (Wildman–Crippen LogP) is 2.93. The van der Waals surface area contributed by atoms with Crippen molar-refractivity contribution < 1.29 is 18.3 Å². The van der Waals surface area contributed by atoms with E-state index in [4.69, 9.17) is 9.47 Å². The molecule has 84 valence electrons. The lowest BCUT2D eigenvalue weighted by Crippen LogP contribution is -2.01. The number of nitrogens with zero attached hydrogens (tertiary/aromatic N) is 1. The monoisotopic (exact) mass is 281 g/mol. The van der Waals surface area contributed by atoms with Crippen molar-refractivity contribution in [1.29, 1.82) is 0 Å². The number of aromatic nitrogens is 1. The summed E-state index contributed by atoms with van der Waals surface area (Å²) >= 11 is 3.21. The van der Waals surface area contributed by atoms with Crippen molar-refractivity contribution in [3.63, 3.8) is 0 Å². The van der Waals surface area contributed by atoms with Crippen molar-refractivity contribution in [2.45, 2.75) is 11.8 Å². The summed E-state index contributed by atoms with van der Waals surface area (Å²) < 4.78 is 34.8. The Morgan fingerprint density at radius 1 is 1.40 bits per heavy atom. The molecule has 15 heavy (non-hydrogen) atoms. The van der Waals surface area contributed by atoms with Crippen LogP contribution in [0.15, 0.2) is 6.07 Å². The van der Waals surface area contributed by atoms with E-state index >= 15 is 0 Å². The molecule has 0 fully saturated rings. The van der Waals surface area contributed by atoms with Crippen LogP contribution in [0.5, 0.6) is 11.6 Å². The first-order chi connectivity index (χ1) is 7.13. The Balaban J connectivity index is 3.27. The van der Waals surface area contributed by atoms with E-state index in [2.05, 4.69) is 20.9 Å². The van der Waals surface area contributed by atoms with Crippen LogP contribution < -0.4 is 9.47 Å². The van der Waals surface area contributed by atoms with Gasteiger partial charge in [-0.2, -0.15) is 0 Å². The molecule has 0 aromatic carbocycles. The highest BCUT2D eigenvalue weighted by Gasteiger charge is 2.19. The van der Waals surface area contributed by atoms with E-state index in [0.717, 1.165) is 0 Å². The summed E-state index contributed by atoms with van der Waals surface area (Å²) in [4.78, 5) is 3.71. The van der Waals surface area contributed by atoms with E-state index in [1.807, 2.05) is 0 Å². The normalized spacial score (nSPS) is 10.5. The van der Waals surface area contributed by atoms with Crippen LogP contribution in [0.3, 0.4) is 0 Å². The smallest absolute Gasteiger partial charge is 0.284 e. The van der Waals surface area contributed by atoms with Gasteiger partial charge < -0.3 is 9.47 Å². The van der Waals surface area contributed by atoms with Gasteiger partial charge in [-0.25, -0.2) is 13.8 Å². The third kappa shape index (κ3) is 2.56. The molecule has 0 aliphatic carbocycles. The fourth-order valence-electron chi connectivity index (χ4n) is 1.12. The molecule has 0 aliphatic heterocycles. The minimum absolute atomic E-state index is 0.0697. The van der Waals surface area contributed by atoms with E-state index in [1.54, 1.807) is 0 Å². The quantitative estimate of drug-likeness (QED) is 0.796. The molecule has 0 unspecified atom stereocenters. The van der Waals surface area contributed by atoms with Crippen LogP contribution in [-0.4, -0.2) is 19.2 Å². The maximum Gasteiger partial charge on any atom is 0.284 e. The van der Waals surface area contributed by atoms with E-state index in [1.165, 1.54) is 20.3 Å². The van der Waals surface area contributed by atoms with Crippen molar-refractivity contribution in [3.8, 4) is 11.6 Å². The second-order valence-electron chi connectivity index (χ2n) is 2.68. The second kappa shape index (κ2) is 5.25. The highest BCUT2D eigenvalue weighted by atomic mass is 79.9. The van der Waals surface area contributed by atoms with Gasteiger partial charge in [0.15, 0.2) is 5.69 Å². The molecular formula is C9H10BrF2NO2. The fourth-order valence-corrected chi connectivity index (χ4v) is 1.52. The fraction of sp³-hybridized carbons (Fsp3) is 0.444. The van der Waals surface area contributed by atoms with Crippen LogP contribution in [0.1, 0.15) is 17.7 Å². The maximum atomic E-state index is 12.6. The van der Waals surface area contributed by atoms with Gasteiger partial charge >= 0.3 is 0 Å². The zero-order chi connectivity index (χ0) is 11.4. The van der Waals surface area contributed by atoms with Crippen LogP contribution in [0.25, 0.3) is 0 Å². The number of methoxy groups -OCH3 is 2. The molecule has 0 spiro atoms. The molecule has 1 rings (SSSR count). The predicted molar refractivity (Wildman–Crippen MR) is 54.9 cm³/mol. The standard InChI is InChI=1S/C9H10BrF2NO2/c1-14-6-3-5(4-10)9(15-2)13-7(6)8(11)12/h3,8H,4H2,1-2H3. The van der Waals surface area contributed by atoms with Gasteiger partial charge in [-0.05, 0) is 6.07 Å². The molecule has 1 aromatic rings. The minimum atomic E-state index is -2.68. The first kappa shape index (κ1) is 12.2. The molecule has 0 N–H and O–H groups in total. The van der Waals surface area contributed by atoms with Gasteiger partial charge in [0.2, 0.25) is 5.88 Å². The van der Waals surface area contributed by atoms with Crippen molar-refractivity contribution in [2.75, 3.05) is 14.2 Å². The lowest BCUT2D eigenvalue weighted by Gasteiger charge is -2.11. The average molecular weight is 282 g/mol. The molecule has 0 amide bonds. The van der Waals surface area contributed by atoms with Crippen LogP contribution in [0, 0.1) is 0 Å². The average Bonchev–Trinajstić information content (AvgIpc) is 2.26. The van der Waals surface area contributed by atoms with Gasteiger partial charge in [0.25, 0.3) is 6.43 Å². The molecule has 1 aromatic heterocycles. The number of halogens is 3. The summed E-state index contributed by atoms with van der Waals surface area (Å²) in [6, 6.07) is 1.49. The SMILES string of the molecule is COc1cc(CBr)c(OC)nc1C(F)F. The Kier molecular flexibility index (Phi) is 4.26. The minimum Gasteiger partial charge on any atom is -0.495 e. The Bertz CT molecular complexity index is 347. The molecule has 0 saturated carbocycles. The first-order valence-corrected chi connectivity index (χ1v) is 5.22. The van der Waals surface area contributed by atoms with E-state index in [-0.39, 0.29) is 11.6 Å². The van der Waals surface area contributed by atoms with Gasteiger partial charge in [0.05, 0.1) is 14.2 Å². The summed E-state index contributed by atoms with van der Waals surface area (Å²) in [5.41, 5.74) is 0.262. The third-order valence-corrected chi connectivity index (χ3v) is 2.42. The third-order valence-electron chi connectivity index (χ3n) is 1.82. The van der Waals surface area contributed by atoms with Gasteiger partial charge in [-0.1, -0.05) is 15.9 Å². The number of alkyl halides is 3. The van der Waals surface area contributed by atoms with Gasteiger partial charge in [0, 0.05) is 10.9 Å². The molecule has 0 radical (unpaired) electrons. The topological polar surface area (TPSA) is 31.4 Å². The Hall–Kier alpha value is -0.910. The van der Waals surface area contributed by atoms with Gasteiger partial charge in [-0.15, -0.1) is 0 Å². The summed E-state index contributed by atoms with van der Waals surface area (Å²) in [5, 5.41) is 0.461. The van der Waals surface area contributed by atoms with Crippen molar-refractivity contribution in [1.82, 2.24) is 4.98 Å². The molecule has 0 atom stereocenters. The molecule has 3 nitrogen and oxygen atoms in total. The molecule has 1 heterocycles. The Morgan fingerprint density at radius 2 is 2.07 bits per heavy atom. The van der Waals surface area contributed by atoms with Crippen molar-refractivity contribution >= 4 is 15.9 Å². The highest BCUT2D eigenvalue weighted by molar-refractivity contribution is 9.08. The summed E-state index contributed by atoms with van der Waals surface area (Å²) in [6.45, 7) is 0. The molecule has 6 heteroatoms. The summed E-state index contributed by atoms with van der Waals surface area (Å²) in [7, 11) is 2.71. The molecule has 0 aliphatic rings. The summed E-state index contributed by atoms with van der Waals surface area (Å²) in [6.07, 6.45) is -2.68. The van der Waals surface area contributed by atoms with Gasteiger partial charge in [-0.3, -0.25) is 0 Å². The van der Waals surface area contributed by atoms with Crippen LogP contribution in [-0.2, 0) is 5.33 Å². The lowest BCUT2D eigenvalue weighted by molar-refractivity contribution is 0.140. The van der Waals surface area contributed by atoms with E-state index in [0.29, 0.717) is 10.9 Å². The zero-order valence-electron chi connectivity index (χ0n) is 8.26. The number of hydrogen-bond acceptors (Lipinski definition) is 3. The van der Waals surface area contributed by atoms with Gasteiger partial charge in [0.1, 0.15) is 5.75 Å². The van der Waals surface area contributed by atoms with E-state index in [9.17, 15) is 8.78 Å². The van der Waals surface area contributed by atoms with Crippen molar-refractivity contribution in [2.24, 2.45) is 0 Å². The second-order valence-corrected chi connectivity index (χ2v) is 3.24. The number of ether oxygens (including phenoxy) is 2. The summed E-state index contributed by atoms with van der Waals surface area (Å²) in [5.74, 6) is 0.253. The van der Waals surface area contributed by atoms with Crippen LogP contribution in [0.2, 0.25) is 0 Å². The zero-order valence-corrected chi connectivity index (χ0v) is 9.85. The molecule has 0 saturated heterocycles. The molecule has 0 bridgehead atoms. The lowest BCUT2D eigenvalue weighted by atomic mass is 10.2. The first-order valence-electron chi connectivity index (χ1n) is 4.10. The van der Waals surface area contributed by atoms with Crippen LogP contribution in [0.4, 0.5) is 8.78 Å². The largest absolute Gasteiger partial charge is 0.495 e. The van der Waals surface area contributed by atoms with E-state index < -0.39 is 12.1 Å². The van der Waals surface area contributed by atoms with Crippen molar-refractivity contribution in [3.05, 3.63) is 17.3 Å². The number of rotatable bonds is 4. The number of hydrogen-bond donors (Lipinski definition) is 0. The Labute approximate surface area is 94.5 Å². The maximum absolute atomic E-state index is 12.6. The van der Waals surface area contributed by atoms with Crippen LogP contribution >= 0.6 is 15.9 Å². The molecular weight excluding hydrogens is 272 g/mol. The highest BCUT2D eigenvalue weighted by Crippen LogP contribution is 2.32. The number of pyridine rings is 1.